The summed E-state index contributed by atoms with van der Waals surface area (Å²) in [6, 6.07) is 1.99. The van der Waals surface area contributed by atoms with Gasteiger partial charge in [-0.2, -0.15) is 0 Å². The zero-order valence-electron chi connectivity index (χ0n) is 17.4. The minimum atomic E-state index is -1.17. The molecule has 1 aromatic carbocycles. The fraction of sp³-hybridized carbons (Fsp3) is 0.364. The number of hydrogen-bond acceptors (Lipinski definition) is 7. The van der Waals surface area contributed by atoms with E-state index in [9.17, 15) is 13.9 Å². The zero-order valence-corrected chi connectivity index (χ0v) is 17.4. The van der Waals surface area contributed by atoms with E-state index >= 15 is 0 Å². The van der Waals surface area contributed by atoms with Crippen molar-refractivity contribution in [3.8, 4) is 11.4 Å². The molecule has 0 spiro atoms. The smallest absolute Gasteiger partial charge is 0.167 e. The molecule has 4 heterocycles. The van der Waals surface area contributed by atoms with Gasteiger partial charge in [0.05, 0.1) is 61.6 Å². The van der Waals surface area contributed by atoms with E-state index in [4.69, 9.17) is 9.47 Å². The first kappa shape index (κ1) is 20.2. The molecule has 9 nitrogen and oxygen atoms in total. The predicted molar refractivity (Wildman–Crippen MR) is 110 cm³/mol. The lowest BCUT2D eigenvalue weighted by atomic mass is 10.1. The van der Waals surface area contributed by atoms with Crippen molar-refractivity contribution in [2.45, 2.75) is 24.9 Å². The number of aromatic nitrogens is 6. The van der Waals surface area contributed by atoms with Crippen LogP contribution in [-0.4, -0.2) is 54.3 Å². The van der Waals surface area contributed by atoms with Crippen molar-refractivity contribution < 1.29 is 23.4 Å². The van der Waals surface area contributed by atoms with Gasteiger partial charge in [0.1, 0.15) is 17.5 Å². The summed E-state index contributed by atoms with van der Waals surface area (Å²) in [4.78, 5) is 8.66. The molecular weight excluding hydrogens is 434 g/mol. The van der Waals surface area contributed by atoms with Crippen LogP contribution < -0.4 is 4.74 Å². The normalized spacial score (nSPS) is 17.3. The molecule has 1 N–H and O–H groups in total. The average Bonchev–Trinajstić information content (AvgIpc) is 3.30. The Morgan fingerprint density at radius 2 is 2.03 bits per heavy atom. The molecule has 2 aliphatic rings. The summed E-state index contributed by atoms with van der Waals surface area (Å²) in [5.41, 5.74) is 2.11. The van der Waals surface area contributed by atoms with Gasteiger partial charge in [0.25, 0.3) is 0 Å². The molecule has 170 valence electrons. The van der Waals surface area contributed by atoms with E-state index < -0.39 is 17.7 Å². The summed E-state index contributed by atoms with van der Waals surface area (Å²) in [6.45, 7) is 1.36. The van der Waals surface area contributed by atoms with E-state index in [0.717, 1.165) is 40.9 Å². The second-order valence-electron chi connectivity index (χ2n) is 8.43. The number of ether oxygens (including phenoxy) is 2. The number of rotatable bonds is 7. The number of hydrogen-bond donors (Lipinski definition) is 1. The highest BCUT2D eigenvalue weighted by Gasteiger charge is 2.32. The first-order valence-electron chi connectivity index (χ1n) is 10.7. The van der Waals surface area contributed by atoms with E-state index in [1.165, 1.54) is 6.20 Å². The Balaban J connectivity index is 1.30. The second kappa shape index (κ2) is 7.85. The van der Waals surface area contributed by atoms with Gasteiger partial charge in [-0.25, -0.2) is 18.4 Å². The number of benzene rings is 1. The van der Waals surface area contributed by atoms with Crippen LogP contribution in [0.2, 0.25) is 0 Å². The fourth-order valence-electron chi connectivity index (χ4n) is 3.92. The van der Waals surface area contributed by atoms with Crippen LogP contribution in [0.3, 0.4) is 0 Å². The molecule has 0 amide bonds. The van der Waals surface area contributed by atoms with Gasteiger partial charge in [-0.1, -0.05) is 5.21 Å². The van der Waals surface area contributed by atoms with E-state index in [0.29, 0.717) is 18.9 Å². The van der Waals surface area contributed by atoms with E-state index in [-0.39, 0.29) is 35.6 Å². The lowest BCUT2D eigenvalue weighted by Gasteiger charge is -2.25. The molecule has 1 aliphatic heterocycles. The number of nitrogens with zero attached hydrogens (tertiary/aromatic N) is 6. The lowest BCUT2D eigenvalue weighted by molar-refractivity contribution is -0.0513. The second-order valence-corrected chi connectivity index (χ2v) is 8.43. The third kappa shape index (κ3) is 3.62. The third-order valence-electron chi connectivity index (χ3n) is 5.97. The van der Waals surface area contributed by atoms with Gasteiger partial charge < -0.3 is 14.6 Å². The van der Waals surface area contributed by atoms with Gasteiger partial charge in [-0.3, -0.25) is 9.38 Å². The van der Waals surface area contributed by atoms with Gasteiger partial charge in [0, 0.05) is 24.0 Å². The SMILES string of the molecule is O[C@@H](c1cn(-c2cc(F)c(OCC3COC3)cc2F)nn1)c1c(C2CC2)ncc2cncn12. The molecule has 1 saturated carbocycles. The summed E-state index contributed by atoms with van der Waals surface area (Å²) in [5.74, 6) is -1.16. The third-order valence-corrected chi connectivity index (χ3v) is 5.97. The molecule has 3 aromatic heterocycles. The Morgan fingerprint density at radius 3 is 2.79 bits per heavy atom. The molecule has 6 rings (SSSR count). The van der Waals surface area contributed by atoms with Crippen LogP contribution in [0.25, 0.3) is 11.2 Å². The number of aliphatic hydroxyl groups excluding tert-OH is 1. The zero-order chi connectivity index (χ0) is 22.5. The molecule has 1 atom stereocenters. The van der Waals surface area contributed by atoms with Gasteiger partial charge in [-0.15, -0.1) is 5.10 Å². The summed E-state index contributed by atoms with van der Waals surface area (Å²) in [7, 11) is 0. The van der Waals surface area contributed by atoms with Crippen molar-refractivity contribution in [3.05, 3.63) is 65.8 Å². The maximum atomic E-state index is 14.8. The Morgan fingerprint density at radius 1 is 1.18 bits per heavy atom. The molecule has 1 saturated heterocycles. The maximum absolute atomic E-state index is 14.8. The number of imidazole rings is 1. The van der Waals surface area contributed by atoms with Crippen molar-refractivity contribution in [1.29, 1.82) is 0 Å². The van der Waals surface area contributed by atoms with E-state index in [2.05, 4.69) is 20.3 Å². The summed E-state index contributed by atoms with van der Waals surface area (Å²) in [5, 5.41) is 19.1. The van der Waals surface area contributed by atoms with Gasteiger partial charge in [-0.05, 0) is 12.8 Å². The highest BCUT2D eigenvalue weighted by atomic mass is 19.1. The van der Waals surface area contributed by atoms with Crippen LogP contribution in [0.4, 0.5) is 8.78 Å². The molecule has 0 bridgehead atoms. The van der Waals surface area contributed by atoms with Crippen molar-refractivity contribution >= 4 is 5.52 Å². The average molecular weight is 454 g/mol. The molecule has 4 aromatic rings. The van der Waals surface area contributed by atoms with Crippen molar-refractivity contribution in [2.24, 2.45) is 5.92 Å². The van der Waals surface area contributed by atoms with Crippen LogP contribution in [0.1, 0.15) is 41.9 Å². The van der Waals surface area contributed by atoms with E-state index in [1.807, 2.05) is 0 Å². The van der Waals surface area contributed by atoms with Crippen LogP contribution >= 0.6 is 0 Å². The minimum Gasteiger partial charge on any atom is -0.490 e. The number of halogens is 2. The molecular formula is C22H20F2N6O3. The minimum absolute atomic E-state index is 0.140. The van der Waals surface area contributed by atoms with Crippen LogP contribution in [0.15, 0.2) is 37.1 Å². The van der Waals surface area contributed by atoms with Crippen molar-refractivity contribution in [1.82, 2.24) is 29.4 Å². The molecule has 11 heteroatoms. The number of fused-ring (bicyclic) bond motifs is 1. The first-order chi connectivity index (χ1) is 16.1. The molecule has 0 radical (unpaired) electrons. The van der Waals surface area contributed by atoms with E-state index in [1.54, 1.807) is 23.1 Å². The predicted octanol–water partition coefficient (Wildman–Crippen LogP) is 2.57. The van der Waals surface area contributed by atoms with Gasteiger partial charge >= 0.3 is 0 Å². The standard InChI is InChI=1S/C22H20F2N6O3/c23-15-4-19(33-10-12-8-32-9-12)16(24)3-18(15)30-7-17(27-28-30)22(31)21-20(13-1-2-13)26-6-14-5-25-11-29(14)21/h3-7,11-13,22,31H,1-2,8-10H2/t22-/m0/s1. The largest absolute Gasteiger partial charge is 0.490 e. The highest BCUT2D eigenvalue weighted by Crippen LogP contribution is 2.42. The van der Waals surface area contributed by atoms with Crippen LogP contribution in [0, 0.1) is 17.6 Å². The summed E-state index contributed by atoms with van der Waals surface area (Å²) >= 11 is 0. The molecule has 33 heavy (non-hydrogen) atoms. The van der Waals surface area contributed by atoms with Crippen LogP contribution in [0.5, 0.6) is 5.75 Å². The topological polar surface area (TPSA) is 99.6 Å². The summed E-state index contributed by atoms with van der Waals surface area (Å²) in [6.07, 6.45) is 7.17. The Bertz CT molecular complexity index is 1330. The Kier molecular flexibility index (Phi) is 4.80. The van der Waals surface area contributed by atoms with Gasteiger partial charge in [0.15, 0.2) is 17.4 Å². The monoisotopic (exact) mass is 454 g/mol. The first-order valence-corrected chi connectivity index (χ1v) is 10.7. The van der Waals surface area contributed by atoms with Gasteiger partial charge in [0.2, 0.25) is 0 Å². The molecule has 2 fully saturated rings. The molecule has 1 aliphatic carbocycles. The van der Waals surface area contributed by atoms with Crippen LogP contribution in [-0.2, 0) is 4.74 Å². The Hall–Kier alpha value is -3.44. The lowest BCUT2D eigenvalue weighted by Crippen LogP contribution is -2.32. The Labute approximate surface area is 186 Å². The summed E-state index contributed by atoms with van der Waals surface area (Å²) < 4.78 is 42.6. The number of aliphatic hydroxyl groups is 1. The fourth-order valence-corrected chi connectivity index (χ4v) is 3.92. The maximum Gasteiger partial charge on any atom is 0.167 e. The van der Waals surface area contributed by atoms with Crippen molar-refractivity contribution in [3.63, 3.8) is 0 Å². The highest BCUT2D eigenvalue weighted by molar-refractivity contribution is 5.47. The quantitative estimate of drug-likeness (QED) is 0.458. The molecule has 0 unspecified atom stereocenters. The van der Waals surface area contributed by atoms with Crippen molar-refractivity contribution in [2.75, 3.05) is 19.8 Å².